The number of carbonyl (C=O) groups is 1. The van der Waals surface area contributed by atoms with Gasteiger partial charge in [-0.1, -0.05) is 15.9 Å². The van der Waals surface area contributed by atoms with E-state index in [4.69, 9.17) is 0 Å². The molecule has 0 aliphatic carbocycles. The van der Waals surface area contributed by atoms with Gasteiger partial charge in [-0.05, 0) is 31.2 Å². The molecule has 1 aromatic heterocycles. The summed E-state index contributed by atoms with van der Waals surface area (Å²) in [5, 5.41) is 11.1. The van der Waals surface area contributed by atoms with Crippen LogP contribution in [0.3, 0.4) is 0 Å². The molecule has 2 aromatic rings. The van der Waals surface area contributed by atoms with Crippen LogP contribution in [0.15, 0.2) is 34.9 Å². The maximum Gasteiger partial charge on any atom is 0.339 e. The molecule has 2 rings (SSSR count). The molecule has 1 N–H and O–H groups in total. The second-order valence-electron chi connectivity index (χ2n) is 4.41. The molecule has 5 heteroatoms. The number of rotatable bonds is 3. The zero-order valence-electron chi connectivity index (χ0n) is 10.2. The van der Waals surface area contributed by atoms with E-state index in [1.807, 2.05) is 35.0 Å². The summed E-state index contributed by atoms with van der Waals surface area (Å²) in [5.41, 5.74) is -0.573. The van der Waals surface area contributed by atoms with E-state index in [0.717, 1.165) is 15.4 Å². The fraction of sp³-hybridized carbons (Fsp3) is 0.308. The minimum absolute atomic E-state index is 0.158. The van der Waals surface area contributed by atoms with Crippen LogP contribution >= 0.6 is 15.9 Å². The topological polar surface area (TPSA) is 51.5 Å². The second kappa shape index (κ2) is 4.74. The van der Waals surface area contributed by atoms with Crippen molar-refractivity contribution in [3.63, 3.8) is 0 Å². The number of carbonyl (C=O) groups excluding carboxylic acids is 1. The summed E-state index contributed by atoms with van der Waals surface area (Å²) < 4.78 is 7.41. The quantitative estimate of drug-likeness (QED) is 0.885. The fourth-order valence-electron chi connectivity index (χ4n) is 1.93. The van der Waals surface area contributed by atoms with E-state index in [0.29, 0.717) is 0 Å². The van der Waals surface area contributed by atoms with Gasteiger partial charge in [0.25, 0.3) is 0 Å². The molecule has 0 bridgehead atoms. The highest BCUT2D eigenvalue weighted by Gasteiger charge is 2.32. The lowest BCUT2D eigenvalue weighted by Gasteiger charge is -2.21. The fourth-order valence-corrected chi connectivity index (χ4v) is 2.30. The Labute approximate surface area is 113 Å². The van der Waals surface area contributed by atoms with Crippen molar-refractivity contribution in [2.45, 2.75) is 19.1 Å². The van der Waals surface area contributed by atoms with Crippen LogP contribution in [0.4, 0.5) is 0 Å². The van der Waals surface area contributed by atoms with Crippen molar-refractivity contribution < 1.29 is 14.6 Å². The molecule has 96 valence electrons. The first-order chi connectivity index (χ1) is 8.44. The summed E-state index contributed by atoms with van der Waals surface area (Å²) in [5.74, 6) is -0.638. The number of benzene rings is 1. The van der Waals surface area contributed by atoms with Crippen molar-refractivity contribution in [3.05, 3.63) is 34.9 Å². The molecule has 0 spiro atoms. The molecule has 0 fully saturated rings. The van der Waals surface area contributed by atoms with Crippen LogP contribution in [-0.4, -0.2) is 28.4 Å². The Morgan fingerprint density at radius 2 is 2.22 bits per heavy atom. The van der Waals surface area contributed by atoms with Gasteiger partial charge in [-0.2, -0.15) is 0 Å². The number of hydrogen-bond acceptors (Lipinski definition) is 3. The van der Waals surface area contributed by atoms with Crippen LogP contribution in [-0.2, 0) is 16.1 Å². The van der Waals surface area contributed by atoms with Gasteiger partial charge in [-0.15, -0.1) is 0 Å². The number of methoxy groups -OCH3 is 1. The molecule has 0 saturated carbocycles. The van der Waals surface area contributed by atoms with Crippen molar-refractivity contribution >= 4 is 32.8 Å². The molecular formula is C13H14BrNO3. The molecule has 0 aliphatic heterocycles. The molecule has 0 radical (unpaired) electrons. The Hall–Kier alpha value is -1.33. The van der Waals surface area contributed by atoms with E-state index in [1.54, 1.807) is 0 Å². The first kappa shape index (κ1) is 13.1. The van der Waals surface area contributed by atoms with Crippen molar-refractivity contribution in [1.82, 2.24) is 4.57 Å². The number of hydrogen-bond donors (Lipinski definition) is 1. The van der Waals surface area contributed by atoms with Gasteiger partial charge in [0, 0.05) is 21.6 Å². The molecule has 4 nitrogen and oxygen atoms in total. The third-order valence-electron chi connectivity index (χ3n) is 2.84. The third-order valence-corrected chi connectivity index (χ3v) is 3.33. The van der Waals surface area contributed by atoms with E-state index in [2.05, 4.69) is 20.7 Å². The van der Waals surface area contributed by atoms with Crippen molar-refractivity contribution in [3.8, 4) is 0 Å². The molecule has 1 unspecified atom stereocenters. The zero-order valence-corrected chi connectivity index (χ0v) is 11.8. The monoisotopic (exact) mass is 311 g/mol. The summed E-state index contributed by atoms with van der Waals surface area (Å²) in [6.07, 6.45) is 1.84. The maximum absolute atomic E-state index is 11.5. The number of fused-ring (bicyclic) bond motifs is 1. The van der Waals surface area contributed by atoms with Crippen LogP contribution in [0.2, 0.25) is 0 Å². The zero-order chi connectivity index (χ0) is 13.3. The SMILES string of the molecule is COC(=O)C(C)(O)Cn1ccc2cc(Br)ccc21. The minimum Gasteiger partial charge on any atom is -0.467 e. The Bertz CT molecular complexity index is 589. The van der Waals surface area contributed by atoms with Gasteiger partial charge in [-0.3, -0.25) is 0 Å². The number of ether oxygens (including phenoxy) is 1. The number of aliphatic hydroxyl groups is 1. The van der Waals surface area contributed by atoms with Crippen LogP contribution in [0.1, 0.15) is 6.92 Å². The van der Waals surface area contributed by atoms with Gasteiger partial charge >= 0.3 is 5.97 Å². The predicted molar refractivity (Wildman–Crippen MR) is 72.3 cm³/mol. The highest BCUT2D eigenvalue weighted by Crippen LogP contribution is 2.22. The van der Waals surface area contributed by atoms with Gasteiger partial charge < -0.3 is 14.4 Å². The van der Waals surface area contributed by atoms with E-state index < -0.39 is 11.6 Å². The van der Waals surface area contributed by atoms with Gasteiger partial charge in [0.1, 0.15) is 0 Å². The van der Waals surface area contributed by atoms with E-state index in [9.17, 15) is 9.90 Å². The van der Waals surface area contributed by atoms with Crippen LogP contribution in [0.5, 0.6) is 0 Å². The van der Waals surface area contributed by atoms with Gasteiger partial charge in [-0.25, -0.2) is 4.79 Å². The van der Waals surface area contributed by atoms with Crippen LogP contribution in [0.25, 0.3) is 10.9 Å². The lowest BCUT2D eigenvalue weighted by atomic mass is 10.1. The largest absolute Gasteiger partial charge is 0.467 e. The van der Waals surface area contributed by atoms with E-state index in [-0.39, 0.29) is 6.54 Å². The number of esters is 1. The summed E-state index contributed by atoms with van der Waals surface area (Å²) in [6, 6.07) is 7.78. The van der Waals surface area contributed by atoms with Crippen LogP contribution in [0, 0.1) is 0 Å². The first-order valence-corrected chi connectivity index (χ1v) is 6.28. The highest BCUT2D eigenvalue weighted by molar-refractivity contribution is 9.10. The number of nitrogens with zero attached hydrogens (tertiary/aromatic N) is 1. The molecule has 18 heavy (non-hydrogen) atoms. The lowest BCUT2D eigenvalue weighted by Crippen LogP contribution is -2.40. The minimum atomic E-state index is -1.53. The van der Waals surface area contributed by atoms with E-state index in [1.165, 1.54) is 14.0 Å². The Kier molecular flexibility index (Phi) is 3.45. The third kappa shape index (κ3) is 2.42. The molecular weight excluding hydrogens is 298 g/mol. The maximum atomic E-state index is 11.5. The Morgan fingerprint density at radius 1 is 1.50 bits per heavy atom. The molecule has 0 saturated heterocycles. The Morgan fingerprint density at radius 3 is 2.89 bits per heavy atom. The van der Waals surface area contributed by atoms with Gasteiger partial charge in [0.2, 0.25) is 0 Å². The smallest absolute Gasteiger partial charge is 0.339 e. The highest BCUT2D eigenvalue weighted by atomic mass is 79.9. The summed E-state index contributed by atoms with van der Waals surface area (Å²) in [7, 11) is 1.27. The first-order valence-electron chi connectivity index (χ1n) is 5.49. The standard InChI is InChI=1S/C13H14BrNO3/c1-13(17,12(16)18-2)8-15-6-5-9-7-10(14)3-4-11(9)15/h3-7,17H,8H2,1-2H3. The van der Waals surface area contributed by atoms with E-state index >= 15 is 0 Å². The summed E-state index contributed by atoms with van der Waals surface area (Å²) in [4.78, 5) is 11.5. The van der Waals surface area contributed by atoms with Gasteiger partial charge in [0.05, 0.1) is 13.7 Å². The summed E-state index contributed by atoms with van der Waals surface area (Å²) in [6.45, 7) is 1.61. The number of aromatic nitrogens is 1. The lowest BCUT2D eigenvalue weighted by molar-refractivity contribution is -0.161. The van der Waals surface area contributed by atoms with Crippen molar-refractivity contribution in [2.75, 3.05) is 7.11 Å². The average Bonchev–Trinajstić information content (AvgIpc) is 2.69. The van der Waals surface area contributed by atoms with Crippen molar-refractivity contribution in [1.29, 1.82) is 0 Å². The molecule has 1 heterocycles. The Balaban J connectivity index is 2.35. The van der Waals surface area contributed by atoms with Crippen molar-refractivity contribution in [2.24, 2.45) is 0 Å². The number of halogens is 1. The average molecular weight is 312 g/mol. The molecule has 0 aliphatic rings. The predicted octanol–water partition coefficient (Wildman–Crippen LogP) is 2.33. The molecule has 0 amide bonds. The summed E-state index contributed by atoms with van der Waals surface area (Å²) >= 11 is 3.40. The molecule has 1 atom stereocenters. The normalized spacial score (nSPS) is 14.4. The van der Waals surface area contributed by atoms with Gasteiger partial charge in [0.15, 0.2) is 5.60 Å². The second-order valence-corrected chi connectivity index (χ2v) is 5.33. The molecule has 1 aromatic carbocycles. The van der Waals surface area contributed by atoms with Crippen LogP contribution < -0.4 is 0 Å².